The summed E-state index contributed by atoms with van der Waals surface area (Å²) < 4.78 is 7.22. The molecule has 9 nitrogen and oxygen atoms in total. The molecule has 9 heteroatoms. The normalized spacial score (nSPS) is 15.3. The van der Waals surface area contributed by atoms with Gasteiger partial charge in [-0.1, -0.05) is 36.3 Å². The number of hydrogen-bond donors (Lipinski definition) is 1. The lowest BCUT2D eigenvalue weighted by atomic mass is 9.77. The molecule has 1 fully saturated rings. The summed E-state index contributed by atoms with van der Waals surface area (Å²) in [5, 5.41) is 8.61. The van der Waals surface area contributed by atoms with Crippen LogP contribution in [-0.4, -0.2) is 35.7 Å². The molecule has 3 heterocycles. The highest BCUT2D eigenvalue weighted by Crippen LogP contribution is 2.50. The first-order valence-electron chi connectivity index (χ1n) is 11.0. The Morgan fingerprint density at radius 3 is 2.52 bits per heavy atom. The number of benzene rings is 1. The maximum Gasteiger partial charge on any atom is 0.261 e. The number of nitrogen functional groups attached to an aromatic ring is 1. The van der Waals surface area contributed by atoms with Crippen molar-refractivity contribution in [1.82, 2.24) is 29.9 Å². The van der Waals surface area contributed by atoms with E-state index in [0.29, 0.717) is 29.6 Å². The molecule has 0 radical (unpaired) electrons. The first kappa shape index (κ1) is 21.0. The summed E-state index contributed by atoms with van der Waals surface area (Å²) in [6.45, 7) is 4.25. The molecule has 33 heavy (non-hydrogen) atoms. The van der Waals surface area contributed by atoms with Gasteiger partial charge < -0.3 is 10.3 Å². The molecule has 3 aromatic heterocycles. The molecule has 1 aliphatic rings. The molecule has 1 aliphatic carbocycles. The zero-order chi connectivity index (χ0) is 23.0. The minimum atomic E-state index is -0.369. The van der Waals surface area contributed by atoms with Crippen molar-refractivity contribution in [2.75, 3.05) is 5.73 Å². The van der Waals surface area contributed by atoms with Crippen LogP contribution in [0.25, 0.3) is 22.6 Å². The Balaban J connectivity index is 1.43. The molecular formula is C24H25N7O2. The molecule has 1 atom stereocenters. The van der Waals surface area contributed by atoms with E-state index in [1.54, 1.807) is 29.5 Å². The Labute approximate surface area is 191 Å². The first-order valence-corrected chi connectivity index (χ1v) is 11.0. The van der Waals surface area contributed by atoms with Crippen LogP contribution in [0.5, 0.6) is 0 Å². The minimum Gasteiger partial charge on any atom is -0.368 e. The first-order chi connectivity index (χ1) is 16.0. The maximum absolute atomic E-state index is 11.7. The van der Waals surface area contributed by atoms with Gasteiger partial charge in [-0.15, -0.1) is 0 Å². The Kier molecular flexibility index (Phi) is 5.24. The summed E-state index contributed by atoms with van der Waals surface area (Å²) in [6.07, 6.45) is 9.56. The number of anilines is 1. The fourth-order valence-electron chi connectivity index (χ4n) is 4.11. The lowest BCUT2D eigenvalue weighted by molar-refractivity contribution is -0.119. The van der Waals surface area contributed by atoms with Crippen molar-refractivity contribution in [3.8, 4) is 22.6 Å². The van der Waals surface area contributed by atoms with Crippen LogP contribution in [0.2, 0.25) is 0 Å². The number of nitrogens with two attached hydrogens (primary N) is 1. The third kappa shape index (κ3) is 4.02. The fourth-order valence-corrected chi connectivity index (χ4v) is 4.11. The third-order valence-electron chi connectivity index (χ3n) is 6.39. The summed E-state index contributed by atoms with van der Waals surface area (Å²) in [7, 11) is 0. The summed E-state index contributed by atoms with van der Waals surface area (Å²) >= 11 is 0. The summed E-state index contributed by atoms with van der Waals surface area (Å²) in [5.74, 6) is 1.88. The third-order valence-corrected chi connectivity index (χ3v) is 6.39. The number of carbonyl (C=O) groups is 1. The van der Waals surface area contributed by atoms with Gasteiger partial charge in [0, 0.05) is 30.6 Å². The van der Waals surface area contributed by atoms with Gasteiger partial charge in [0.2, 0.25) is 5.95 Å². The van der Waals surface area contributed by atoms with Crippen LogP contribution in [0, 0.1) is 5.92 Å². The van der Waals surface area contributed by atoms with Crippen LogP contribution >= 0.6 is 0 Å². The number of nitrogens with zero attached hydrogens (tertiary/aromatic N) is 6. The molecule has 1 saturated carbocycles. The molecule has 4 aromatic rings. The van der Waals surface area contributed by atoms with Crippen molar-refractivity contribution in [2.24, 2.45) is 5.92 Å². The van der Waals surface area contributed by atoms with Crippen molar-refractivity contribution < 1.29 is 9.32 Å². The molecule has 2 N–H and O–H groups in total. The summed E-state index contributed by atoms with van der Waals surface area (Å²) in [6, 6.07) is 8.32. The van der Waals surface area contributed by atoms with Gasteiger partial charge in [0.15, 0.2) is 11.6 Å². The topological polar surface area (TPSA) is 126 Å². The van der Waals surface area contributed by atoms with E-state index in [0.717, 1.165) is 29.5 Å². The van der Waals surface area contributed by atoms with E-state index < -0.39 is 0 Å². The fraction of sp³-hybridized carbons (Fsp3) is 0.333. The highest BCUT2D eigenvalue weighted by Gasteiger charge is 2.47. The molecule has 0 aliphatic heterocycles. The predicted molar refractivity (Wildman–Crippen MR) is 122 cm³/mol. The highest BCUT2D eigenvalue weighted by molar-refractivity contribution is 5.77. The Morgan fingerprint density at radius 2 is 1.85 bits per heavy atom. The van der Waals surface area contributed by atoms with Gasteiger partial charge in [0.05, 0.1) is 23.7 Å². The van der Waals surface area contributed by atoms with Crippen molar-refractivity contribution in [2.45, 2.75) is 45.1 Å². The van der Waals surface area contributed by atoms with E-state index in [4.69, 9.17) is 15.2 Å². The van der Waals surface area contributed by atoms with Gasteiger partial charge in [-0.25, -0.2) is 9.97 Å². The molecule has 168 valence electrons. The Hall–Kier alpha value is -3.88. The van der Waals surface area contributed by atoms with Gasteiger partial charge in [-0.2, -0.15) is 10.1 Å². The van der Waals surface area contributed by atoms with E-state index in [2.05, 4.69) is 51.4 Å². The predicted octanol–water partition coefficient (Wildman–Crippen LogP) is 3.67. The molecule has 0 spiro atoms. The zero-order valence-electron chi connectivity index (χ0n) is 18.6. The van der Waals surface area contributed by atoms with Crippen molar-refractivity contribution in [1.29, 1.82) is 0 Å². The standard InChI is InChI=1S/C24H25N7O2/c1-3-20(32)14-31-13-17(12-28-31)21-29-22(30-33-21)24(2,19-8-9-19)18-6-4-15(5-7-18)16-10-26-23(25)27-11-16/h4-7,10-13,19H,3,8-9,14H2,1-2H3,(H2,25,26,27). The minimum absolute atomic E-state index is 0.117. The lowest BCUT2D eigenvalue weighted by Crippen LogP contribution is -2.28. The molecule has 0 amide bonds. The molecule has 0 saturated heterocycles. The second-order valence-electron chi connectivity index (χ2n) is 8.63. The lowest BCUT2D eigenvalue weighted by Gasteiger charge is -2.27. The number of Topliss-reactive ketones (excluding diaryl/α,β-unsaturated/α-hetero) is 1. The van der Waals surface area contributed by atoms with Gasteiger partial charge in [-0.05, 0) is 36.8 Å². The second-order valence-corrected chi connectivity index (χ2v) is 8.63. The van der Waals surface area contributed by atoms with E-state index >= 15 is 0 Å². The number of carbonyl (C=O) groups excluding carboxylic acids is 1. The molecule has 1 unspecified atom stereocenters. The number of aromatic nitrogens is 6. The van der Waals surface area contributed by atoms with Crippen LogP contribution in [0.15, 0.2) is 53.6 Å². The maximum atomic E-state index is 11.7. The molecule has 5 rings (SSSR count). The largest absolute Gasteiger partial charge is 0.368 e. The van der Waals surface area contributed by atoms with Gasteiger partial charge in [0.1, 0.15) is 0 Å². The smallest absolute Gasteiger partial charge is 0.261 e. The van der Waals surface area contributed by atoms with Crippen LogP contribution in [0.3, 0.4) is 0 Å². The van der Waals surface area contributed by atoms with Crippen LogP contribution < -0.4 is 5.73 Å². The van der Waals surface area contributed by atoms with Crippen molar-refractivity contribution in [3.05, 3.63) is 60.4 Å². The highest BCUT2D eigenvalue weighted by atomic mass is 16.5. The van der Waals surface area contributed by atoms with Gasteiger partial charge in [-0.3, -0.25) is 9.48 Å². The van der Waals surface area contributed by atoms with Crippen molar-refractivity contribution in [3.63, 3.8) is 0 Å². The van der Waals surface area contributed by atoms with Gasteiger partial charge >= 0.3 is 0 Å². The molecular weight excluding hydrogens is 418 g/mol. The number of ketones is 1. The average Bonchev–Trinajstić information content (AvgIpc) is 3.40. The van der Waals surface area contributed by atoms with Crippen LogP contribution in [-0.2, 0) is 16.8 Å². The Bertz CT molecular complexity index is 1270. The Morgan fingerprint density at radius 1 is 1.12 bits per heavy atom. The number of rotatable bonds is 8. The summed E-state index contributed by atoms with van der Waals surface area (Å²) in [4.78, 5) is 24.6. The van der Waals surface area contributed by atoms with E-state index in [-0.39, 0.29) is 23.7 Å². The SMILES string of the molecule is CCC(=O)Cn1cc(-c2nc(C(C)(c3ccc(-c4cnc(N)nc4)cc3)C3CC3)no2)cn1. The van der Waals surface area contributed by atoms with E-state index in [1.807, 2.05) is 6.92 Å². The van der Waals surface area contributed by atoms with E-state index in [9.17, 15) is 4.79 Å². The summed E-state index contributed by atoms with van der Waals surface area (Å²) in [5.41, 5.74) is 8.98. The van der Waals surface area contributed by atoms with Crippen LogP contribution in [0.1, 0.15) is 44.5 Å². The average molecular weight is 444 g/mol. The monoisotopic (exact) mass is 443 g/mol. The quantitative estimate of drug-likeness (QED) is 0.437. The zero-order valence-corrected chi connectivity index (χ0v) is 18.6. The molecule has 0 bridgehead atoms. The van der Waals surface area contributed by atoms with Gasteiger partial charge in [0.25, 0.3) is 5.89 Å². The van der Waals surface area contributed by atoms with E-state index in [1.165, 1.54) is 0 Å². The van der Waals surface area contributed by atoms with Crippen LogP contribution in [0.4, 0.5) is 5.95 Å². The number of hydrogen-bond acceptors (Lipinski definition) is 8. The van der Waals surface area contributed by atoms with Crippen molar-refractivity contribution >= 4 is 11.7 Å². The second kappa shape index (κ2) is 8.23. The molecule has 1 aromatic carbocycles.